The lowest BCUT2D eigenvalue weighted by Gasteiger charge is -2.07. The van der Waals surface area contributed by atoms with Crippen molar-refractivity contribution in [3.8, 4) is 0 Å². The first-order valence-corrected chi connectivity index (χ1v) is 6.55. The number of aromatic nitrogens is 1. The predicted molar refractivity (Wildman–Crippen MR) is 77.7 cm³/mol. The van der Waals surface area contributed by atoms with E-state index in [9.17, 15) is 19.3 Å². The van der Waals surface area contributed by atoms with Gasteiger partial charge in [-0.15, -0.1) is 0 Å². The van der Waals surface area contributed by atoms with Crippen molar-refractivity contribution in [1.82, 2.24) is 4.98 Å². The van der Waals surface area contributed by atoms with E-state index in [0.717, 1.165) is 16.6 Å². The van der Waals surface area contributed by atoms with E-state index >= 15 is 0 Å². The number of nitrogens with one attached hydrogen (secondary N) is 1. The van der Waals surface area contributed by atoms with Crippen LogP contribution in [0.2, 0.25) is 0 Å². The van der Waals surface area contributed by atoms with Gasteiger partial charge in [0.25, 0.3) is 5.91 Å². The number of pyridine rings is 1. The van der Waals surface area contributed by atoms with E-state index in [1.165, 1.54) is 12.3 Å². The summed E-state index contributed by atoms with van der Waals surface area (Å²) in [6.45, 7) is 1.75. The molecule has 0 radical (unpaired) electrons. The minimum Gasteiger partial charge on any atom is -0.306 e. The molecule has 0 fully saturated rings. The summed E-state index contributed by atoms with van der Waals surface area (Å²) in [5, 5.41) is 13.2. The summed E-state index contributed by atoms with van der Waals surface area (Å²) in [6.07, 6.45) is 1.51. The van der Waals surface area contributed by atoms with Gasteiger partial charge in [-0.1, -0.05) is 0 Å². The molecule has 21 heavy (non-hydrogen) atoms. The summed E-state index contributed by atoms with van der Waals surface area (Å²) in [5.41, 5.74) is -0.0512. The molecule has 1 aromatic carbocycles. The zero-order chi connectivity index (χ0) is 15.6. The highest BCUT2D eigenvalue weighted by molar-refractivity contribution is 9.10. The molecule has 2 rings (SSSR count). The van der Waals surface area contributed by atoms with Gasteiger partial charge in [0.2, 0.25) is 5.82 Å². The lowest BCUT2D eigenvalue weighted by atomic mass is 10.1. The number of halogens is 2. The van der Waals surface area contributed by atoms with E-state index in [0.29, 0.717) is 11.4 Å². The van der Waals surface area contributed by atoms with Crippen LogP contribution in [0.15, 0.2) is 34.9 Å². The molecule has 0 spiro atoms. The monoisotopic (exact) mass is 353 g/mol. The predicted octanol–water partition coefficient (Wildman–Crippen LogP) is 3.45. The van der Waals surface area contributed by atoms with Crippen LogP contribution in [0.5, 0.6) is 0 Å². The quantitative estimate of drug-likeness (QED) is 0.676. The highest BCUT2D eigenvalue weighted by Gasteiger charge is 2.18. The van der Waals surface area contributed by atoms with Crippen LogP contribution in [0.3, 0.4) is 0 Å². The number of nitro benzene ring substituents is 1. The first-order valence-electron chi connectivity index (χ1n) is 5.76. The zero-order valence-corrected chi connectivity index (χ0v) is 12.3. The number of nitro groups is 1. The number of nitrogens with zero attached hydrogens (tertiary/aromatic N) is 2. The summed E-state index contributed by atoms with van der Waals surface area (Å²) < 4.78 is 14.0. The van der Waals surface area contributed by atoms with Crippen LogP contribution >= 0.6 is 15.9 Å². The molecule has 0 aliphatic rings. The molecular formula is C13H9BrFN3O3. The van der Waals surface area contributed by atoms with E-state index < -0.39 is 22.3 Å². The van der Waals surface area contributed by atoms with Gasteiger partial charge in [0, 0.05) is 22.3 Å². The van der Waals surface area contributed by atoms with Crippen molar-refractivity contribution in [3.05, 3.63) is 62.0 Å². The second kappa shape index (κ2) is 5.96. The molecule has 0 aliphatic carbocycles. The fourth-order valence-corrected chi connectivity index (χ4v) is 2.09. The van der Waals surface area contributed by atoms with Crippen LogP contribution in [-0.2, 0) is 0 Å². The Morgan fingerprint density at radius 2 is 2.14 bits per heavy atom. The maximum absolute atomic E-state index is 13.2. The highest BCUT2D eigenvalue weighted by atomic mass is 79.9. The number of hydrogen-bond donors (Lipinski definition) is 1. The molecular weight excluding hydrogens is 345 g/mol. The van der Waals surface area contributed by atoms with Gasteiger partial charge in [0.1, 0.15) is 5.82 Å². The average molecular weight is 354 g/mol. The molecule has 1 aromatic heterocycles. The zero-order valence-electron chi connectivity index (χ0n) is 10.8. The Kier molecular flexibility index (Phi) is 4.27. The number of benzene rings is 1. The van der Waals surface area contributed by atoms with Crippen molar-refractivity contribution in [3.63, 3.8) is 0 Å². The van der Waals surface area contributed by atoms with Gasteiger partial charge in [0.05, 0.1) is 4.92 Å². The fourth-order valence-electron chi connectivity index (χ4n) is 1.64. The molecule has 6 nitrogen and oxygen atoms in total. The largest absolute Gasteiger partial charge is 0.306 e. The van der Waals surface area contributed by atoms with Crippen LogP contribution in [0.25, 0.3) is 0 Å². The summed E-state index contributed by atoms with van der Waals surface area (Å²) in [5.74, 6) is -1.26. The Morgan fingerprint density at radius 1 is 1.43 bits per heavy atom. The normalized spacial score (nSPS) is 10.2. The Labute approximate surface area is 127 Å². The van der Waals surface area contributed by atoms with Crippen LogP contribution < -0.4 is 5.32 Å². The maximum Gasteiger partial charge on any atom is 0.305 e. The maximum atomic E-state index is 13.2. The Balaban J connectivity index is 2.28. The highest BCUT2D eigenvalue weighted by Crippen LogP contribution is 2.21. The van der Waals surface area contributed by atoms with Gasteiger partial charge >= 0.3 is 5.69 Å². The SMILES string of the molecule is Cc1cc(Br)cnc1NC(=O)c1ccc(F)c([N+](=O)[O-])c1. The van der Waals surface area contributed by atoms with Gasteiger partial charge in [0.15, 0.2) is 0 Å². The lowest BCUT2D eigenvalue weighted by Crippen LogP contribution is -2.14. The molecule has 0 aliphatic heterocycles. The number of hydrogen-bond acceptors (Lipinski definition) is 4. The number of amides is 1. The first kappa shape index (κ1) is 15.0. The molecule has 0 atom stereocenters. The summed E-state index contributed by atoms with van der Waals surface area (Å²) in [4.78, 5) is 25.8. The van der Waals surface area contributed by atoms with Crippen molar-refractivity contribution in [1.29, 1.82) is 0 Å². The summed E-state index contributed by atoms with van der Waals surface area (Å²) >= 11 is 3.25. The number of carbonyl (C=O) groups is 1. The Hall–Kier alpha value is -2.35. The fraction of sp³-hybridized carbons (Fsp3) is 0.0769. The average Bonchev–Trinajstić information content (AvgIpc) is 2.42. The van der Waals surface area contributed by atoms with Crippen molar-refractivity contribution < 1.29 is 14.1 Å². The third-order valence-electron chi connectivity index (χ3n) is 2.68. The van der Waals surface area contributed by atoms with Gasteiger partial charge in [-0.3, -0.25) is 14.9 Å². The van der Waals surface area contributed by atoms with Gasteiger partial charge < -0.3 is 5.32 Å². The topological polar surface area (TPSA) is 85.1 Å². The third-order valence-corrected chi connectivity index (χ3v) is 3.12. The minimum atomic E-state index is -0.991. The number of carbonyl (C=O) groups excluding carboxylic acids is 1. The molecule has 1 amide bonds. The smallest absolute Gasteiger partial charge is 0.305 e. The molecule has 8 heteroatoms. The van der Waals surface area contributed by atoms with Crippen molar-refractivity contribution >= 4 is 33.3 Å². The lowest BCUT2D eigenvalue weighted by molar-refractivity contribution is -0.387. The van der Waals surface area contributed by atoms with Gasteiger partial charge in [-0.25, -0.2) is 4.98 Å². The first-order chi connectivity index (χ1) is 9.88. The van der Waals surface area contributed by atoms with Gasteiger partial charge in [-0.05, 0) is 46.6 Å². The summed E-state index contributed by atoms with van der Waals surface area (Å²) in [7, 11) is 0. The molecule has 0 saturated carbocycles. The van der Waals surface area contributed by atoms with E-state index in [1.54, 1.807) is 13.0 Å². The molecule has 0 bridgehead atoms. The van der Waals surface area contributed by atoms with E-state index in [1.807, 2.05) is 0 Å². The van der Waals surface area contributed by atoms with Crippen molar-refractivity contribution in [2.75, 3.05) is 5.32 Å². The van der Waals surface area contributed by atoms with Crippen LogP contribution in [0.1, 0.15) is 15.9 Å². The van der Waals surface area contributed by atoms with E-state index in [2.05, 4.69) is 26.2 Å². The third kappa shape index (κ3) is 3.40. The molecule has 2 aromatic rings. The standard InChI is InChI=1S/C13H9BrFN3O3/c1-7-4-9(14)6-16-12(7)17-13(19)8-2-3-10(15)11(5-8)18(20)21/h2-6H,1H3,(H,16,17,19). The Bertz CT molecular complexity index is 737. The summed E-state index contributed by atoms with van der Waals surface area (Å²) in [6, 6.07) is 4.70. The van der Waals surface area contributed by atoms with E-state index in [4.69, 9.17) is 0 Å². The van der Waals surface area contributed by atoms with Crippen LogP contribution in [0, 0.1) is 22.9 Å². The van der Waals surface area contributed by atoms with Crippen LogP contribution in [0.4, 0.5) is 15.9 Å². The molecule has 0 unspecified atom stereocenters. The van der Waals surface area contributed by atoms with Crippen molar-refractivity contribution in [2.45, 2.75) is 6.92 Å². The minimum absolute atomic E-state index is 0.0211. The second-order valence-electron chi connectivity index (χ2n) is 4.20. The Morgan fingerprint density at radius 3 is 2.76 bits per heavy atom. The number of anilines is 1. The number of aryl methyl sites for hydroxylation is 1. The second-order valence-corrected chi connectivity index (χ2v) is 5.11. The molecule has 1 heterocycles. The molecule has 108 valence electrons. The van der Waals surface area contributed by atoms with Gasteiger partial charge in [-0.2, -0.15) is 4.39 Å². The van der Waals surface area contributed by atoms with E-state index in [-0.39, 0.29) is 5.56 Å². The van der Waals surface area contributed by atoms with Crippen molar-refractivity contribution in [2.24, 2.45) is 0 Å². The van der Waals surface area contributed by atoms with Crippen LogP contribution in [-0.4, -0.2) is 15.8 Å². The molecule has 0 saturated heterocycles. The molecule has 1 N–H and O–H groups in total. The number of rotatable bonds is 3.